The van der Waals surface area contributed by atoms with Gasteiger partial charge < -0.3 is 14.8 Å². The van der Waals surface area contributed by atoms with Crippen LogP contribution in [0.15, 0.2) is 36.7 Å². The van der Waals surface area contributed by atoms with Gasteiger partial charge in [0.05, 0.1) is 29.9 Å². The van der Waals surface area contributed by atoms with E-state index >= 15 is 0 Å². The number of benzene rings is 1. The Bertz CT molecular complexity index is 1470. The minimum atomic E-state index is -4.53. The Labute approximate surface area is 207 Å². The third kappa shape index (κ3) is 4.77. The van der Waals surface area contributed by atoms with Crippen molar-refractivity contribution in [2.45, 2.75) is 45.6 Å². The Morgan fingerprint density at radius 1 is 1.05 bits per heavy atom. The van der Waals surface area contributed by atoms with Crippen molar-refractivity contribution in [3.05, 3.63) is 70.9 Å². The standard InChI is InChI=1S/C24H21F6N7/c1-12(14-4-3-5-15(21(14)25)22(26)27)32-23-16-8-19(31-9-17(16)33-13(2)34-23)37-7-6-36-10-18(24(28,29)30)35-20(36)11-37/h3-5,8-10,12,22H,6-7,11H2,1-2H3,(H,32,33,34)/t12-/m1/s1. The number of nitrogens with zero attached hydrogens (tertiary/aromatic N) is 6. The molecular weight excluding hydrogens is 500 g/mol. The molecular formula is C24H21F6N7. The van der Waals surface area contributed by atoms with Gasteiger partial charge in [0.25, 0.3) is 6.43 Å². The van der Waals surface area contributed by atoms with Gasteiger partial charge >= 0.3 is 6.18 Å². The van der Waals surface area contributed by atoms with Crippen molar-refractivity contribution >= 4 is 22.5 Å². The maximum atomic E-state index is 14.7. The predicted octanol–water partition coefficient (Wildman–Crippen LogP) is 5.82. The number of aromatic nitrogens is 5. The van der Waals surface area contributed by atoms with E-state index in [0.29, 0.717) is 41.5 Å². The zero-order chi connectivity index (χ0) is 26.5. The number of anilines is 2. The molecule has 0 bridgehead atoms. The average molecular weight is 521 g/mol. The van der Waals surface area contributed by atoms with E-state index in [1.165, 1.54) is 22.9 Å². The minimum absolute atomic E-state index is 0.0554. The van der Waals surface area contributed by atoms with Gasteiger partial charge in [-0.1, -0.05) is 18.2 Å². The van der Waals surface area contributed by atoms with Crippen molar-refractivity contribution in [3.8, 4) is 0 Å². The summed E-state index contributed by atoms with van der Waals surface area (Å²) in [6, 6.07) is 4.82. The average Bonchev–Trinajstić information content (AvgIpc) is 3.28. The molecule has 1 aromatic carbocycles. The largest absolute Gasteiger partial charge is 0.434 e. The topological polar surface area (TPSA) is 71.8 Å². The number of nitrogens with one attached hydrogen (secondary N) is 1. The number of rotatable bonds is 5. The molecule has 0 spiro atoms. The van der Waals surface area contributed by atoms with E-state index in [4.69, 9.17) is 0 Å². The first-order valence-corrected chi connectivity index (χ1v) is 11.4. The number of halogens is 6. The molecule has 0 fully saturated rings. The first-order chi connectivity index (χ1) is 17.5. The van der Waals surface area contributed by atoms with E-state index in [2.05, 4.69) is 25.3 Å². The van der Waals surface area contributed by atoms with Gasteiger partial charge in [-0.2, -0.15) is 13.2 Å². The third-order valence-electron chi connectivity index (χ3n) is 6.21. The Morgan fingerprint density at radius 3 is 2.54 bits per heavy atom. The van der Waals surface area contributed by atoms with Crippen molar-refractivity contribution in [1.82, 2.24) is 24.5 Å². The van der Waals surface area contributed by atoms with Crippen LogP contribution in [0.25, 0.3) is 10.9 Å². The fourth-order valence-electron chi connectivity index (χ4n) is 4.36. The van der Waals surface area contributed by atoms with Gasteiger partial charge in [-0.3, -0.25) is 0 Å². The van der Waals surface area contributed by atoms with Gasteiger partial charge in [-0.15, -0.1) is 0 Å². The van der Waals surface area contributed by atoms with Crippen LogP contribution >= 0.6 is 0 Å². The van der Waals surface area contributed by atoms with Gasteiger partial charge in [-0.05, 0) is 19.9 Å². The Hall–Kier alpha value is -3.90. The lowest BCUT2D eigenvalue weighted by Crippen LogP contribution is -2.34. The predicted molar refractivity (Wildman–Crippen MR) is 124 cm³/mol. The molecule has 4 aromatic rings. The minimum Gasteiger partial charge on any atom is -0.363 e. The van der Waals surface area contributed by atoms with Gasteiger partial charge in [-0.25, -0.2) is 33.1 Å². The van der Waals surface area contributed by atoms with Crippen LogP contribution in [-0.2, 0) is 19.3 Å². The van der Waals surface area contributed by atoms with E-state index in [-0.39, 0.29) is 17.9 Å². The second kappa shape index (κ2) is 9.20. The first-order valence-electron chi connectivity index (χ1n) is 11.4. The lowest BCUT2D eigenvalue weighted by Gasteiger charge is -2.28. The van der Waals surface area contributed by atoms with Crippen molar-refractivity contribution < 1.29 is 26.3 Å². The second-order valence-corrected chi connectivity index (χ2v) is 8.75. The van der Waals surface area contributed by atoms with Crippen LogP contribution < -0.4 is 10.2 Å². The maximum Gasteiger partial charge on any atom is 0.434 e. The summed E-state index contributed by atoms with van der Waals surface area (Å²) < 4.78 is 81.8. The van der Waals surface area contributed by atoms with Crippen LogP contribution in [0.2, 0.25) is 0 Å². The Kier molecular flexibility index (Phi) is 6.16. The summed E-state index contributed by atoms with van der Waals surface area (Å²) >= 11 is 0. The molecule has 1 aliphatic heterocycles. The highest BCUT2D eigenvalue weighted by Crippen LogP contribution is 2.33. The quantitative estimate of drug-likeness (QED) is 0.334. The second-order valence-electron chi connectivity index (χ2n) is 8.75. The molecule has 37 heavy (non-hydrogen) atoms. The molecule has 0 saturated carbocycles. The molecule has 5 rings (SSSR count). The summed E-state index contributed by atoms with van der Waals surface area (Å²) in [5.41, 5.74) is -1.08. The van der Waals surface area contributed by atoms with Crippen LogP contribution in [0.5, 0.6) is 0 Å². The molecule has 3 aromatic heterocycles. The summed E-state index contributed by atoms with van der Waals surface area (Å²) in [7, 11) is 0. The van der Waals surface area contributed by atoms with Crippen molar-refractivity contribution in [3.63, 3.8) is 0 Å². The number of pyridine rings is 1. The fourth-order valence-corrected chi connectivity index (χ4v) is 4.36. The van der Waals surface area contributed by atoms with Gasteiger partial charge in [0, 0.05) is 30.2 Å². The molecule has 0 aliphatic carbocycles. The highest BCUT2D eigenvalue weighted by Gasteiger charge is 2.35. The van der Waals surface area contributed by atoms with Gasteiger partial charge in [0.2, 0.25) is 0 Å². The monoisotopic (exact) mass is 521 g/mol. The molecule has 0 radical (unpaired) electrons. The molecule has 4 heterocycles. The molecule has 194 valence electrons. The van der Waals surface area contributed by atoms with Gasteiger partial charge in [0.15, 0.2) is 5.69 Å². The maximum absolute atomic E-state index is 14.7. The number of hydrogen-bond acceptors (Lipinski definition) is 6. The van der Waals surface area contributed by atoms with Crippen LogP contribution in [0.4, 0.5) is 38.0 Å². The van der Waals surface area contributed by atoms with E-state index < -0.39 is 35.7 Å². The molecule has 7 nitrogen and oxygen atoms in total. The zero-order valence-corrected chi connectivity index (χ0v) is 19.7. The molecule has 0 saturated heterocycles. The van der Waals surface area contributed by atoms with E-state index in [9.17, 15) is 26.3 Å². The van der Waals surface area contributed by atoms with Crippen molar-refractivity contribution in [2.24, 2.45) is 0 Å². The summed E-state index contributed by atoms with van der Waals surface area (Å²) in [5.74, 6) is 0.514. The van der Waals surface area contributed by atoms with Crippen LogP contribution in [0, 0.1) is 12.7 Å². The smallest absolute Gasteiger partial charge is 0.363 e. The number of aryl methyl sites for hydroxylation is 1. The van der Waals surface area contributed by atoms with Crippen LogP contribution in [-0.4, -0.2) is 31.0 Å². The summed E-state index contributed by atoms with van der Waals surface area (Å²) in [5, 5.41) is 3.63. The van der Waals surface area contributed by atoms with E-state index in [1.807, 2.05) is 0 Å². The van der Waals surface area contributed by atoms with Crippen molar-refractivity contribution in [1.29, 1.82) is 0 Å². The highest BCUT2D eigenvalue weighted by atomic mass is 19.4. The van der Waals surface area contributed by atoms with Gasteiger partial charge in [0.1, 0.15) is 29.1 Å². The van der Waals surface area contributed by atoms with Crippen LogP contribution in [0.3, 0.4) is 0 Å². The summed E-state index contributed by atoms with van der Waals surface area (Å²) in [6.07, 6.45) is -4.95. The van der Waals surface area contributed by atoms with Crippen LogP contribution in [0.1, 0.15) is 47.9 Å². The molecule has 1 atom stereocenters. The van der Waals surface area contributed by atoms with E-state index in [0.717, 1.165) is 12.3 Å². The SMILES string of the molecule is Cc1nc(N[C@H](C)c2cccc(C(F)F)c2F)c2cc(N3CCn4cc(C(F)(F)F)nc4C3)ncc2n1. The first kappa shape index (κ1) is 24.8. The summed E-state index contributed by atoms with van der Waals surface area (Å²) in [4.78, 5) is 18.8. The molecule has 0 amide bonds. The number of imidazole rings is 1. The number of alkyl halides is 5. The normalized spacial score (nSPS) is 14.8. The highest BCUT2D eigenvalue weighted by molar-refractivity contribution is 5.90. The molecule has 1 aliphatic rings. The molecule has 13 heteroatoms. The van der Waals surface area contributed by atoms with E-state index in [1.54, 1.807) is 24.8 Å². The Balaban J connectivity index is 1.46. The molecule has 1 N–H and O–H groups in total. The zero-order valence-electron chi connectivity index (χ0n) is 19.7. The fraction of sp³-hybridized carbons (Fsp3) is 0.333. The number of hydrogen-bond donors (Lipinski definition) is 1. The summed E-state index contributed by atoms with van der Waals surface area (Å²) in [6.45, 7) is 4.11. The Morgan fingerprint density at radius 2 is 1.81 bits per heavy atom. The lowest BCUT2D eigenvalue weighted by atomic mass is 10.0. The van der Waals surface area contributed by atoms with Crippen molar-refractivity contribution in [2.75, 3.05) is 16.8 Å². The lowest BCUT2D eigenvalue weighted by molar-refractivity contribution is -0.141. The number of fused-ring (bicyclic) bond motifs is 2. The third-order valence-corrected chi connectivity index (χ3v) is 6.21. The molecule has 0 unspecified atom stereocenters.